The number of fused-ring (bicyclic) bond motifs is 1. The number of aromatic nitrogens is 3. The van der Waals surface area contributed by atoms with Gasteiger partial charge in [0, 0.05) is 29.4 Å². The Morgan fingerprint density at radius 1 is 1.00 bits per heavy atom. The summed E-state index contributed by atoms with van der Waals surface area (Å²) in [5, 5.41) is 2.83. The largest absolute Gasteiger partial charge is 0.497 e. The minimum atomic E-state index is -0.732. The summed E-state index contributed by atoms with van der Waals surface area (Å²) in [6, 6.07) is 16.0. The van der Waals surface area contributed by atoms with Crippen LogP contribution in [0.15, 0.2) is 60.9 Å². The van der Waals surface area contributed by atoms with E-state index in [9.17, 15) is 9.59 Å². The SMILES string of the molecule is COc1cc(NC(=O)c2cc(-c3ccccc3)nc3c(C(N)=O)ncn23)cc(OC)c1. The van der Waals surface area contributed by atoms with Crippen molar-refractivity contribution in [2.45, 2.75) is 0 Å². The molecule has 9 nitrogen and oxygen atoms in total. The maximum absolute atomic E-state index is 13.2. The first-order valence-corrected chi connectivity index (χ1v) is 9.28. The Labute approximate surface area is 177 Å². The van der Waals surface area contributed by atoms with E-state index in [1.54, 1.807) is 24.3 Å². The van der Waals surface area contributed by atoms with Crippen LogP contribution in [0.1, 0.15) is 21.0 Å². The number of imidazole rings is 1. The fourth-order valence-corrected chi connectivity index (χ4v) is 3.15. The summed E-state index contributed by atoms with van der Waals surface area (Å²) in [6.07, 6.45) is 1.35. The maximum atomic E-state index is 13.2. The quantitative estimate of drug-likeness (QED) is 0.498. The number of anilines is 1. The smallest absolute Gasteiger partial charge is 0.272 e. The fraction of sp³-hybridized carbons (Fsp3) is 0.0909. The van der Waals surface area contributed by atoms with E-state index in [4.69, 9.17) is 15.2 Å². The summed E-state index contributed by atoms with van der Waals surface area (Å²) in [7, 11) is 3.05. The second-order valence-corrected chi connectivity index (χ2v) is 6.60. The second kappa shape index (κ2) is 8.15. The van der Waals surface area contributed by atoms with Crippen molar-refractivity contribution in [3.05, 3.63) is 72.3 Å². The maximum Gasteiger partial charge on any atom is 0.272 e. The zero-order valence-corrected chi connectivity index (χ0v) is 16.8. The van der Waals surface area contributed by atoms with Crippen molar-refractivity contribution in [2.24, 2.45) is 5.73 Å². The summed E-state index contributed by atoms with van der Waals surface area (Å²) in [5.74, 6) is -0.117. The Balaban J connectivity index is 1.82. The number of rotatable bonds is 6. The number of hydrogen-bond acceptors (Lipinski definition) is 6. The van der Waals surface area contributed by atoms with E-state index in [2.05, 4.69) is 15.3 Å². The van der Waals surface area contributed by atoms with Crippen molar-refractivity contribution in [1.82, 2.24) is 14.4 Å². The molecular weight excluding hydrogens is 398 g/mol. The molecule has 4 aromatic rings. The van der Waals surface area contributed by atoms with Gasteiger partial charge in [-0.3, -0.25) is 14.0 Å². The van der Waals surface area contributed by atoms with Crippen LogP contribution >= 0.6 is 0 Å². The predicted molar refractivity (Wildman–Crippen MR) is 114 cm³/mol. The molecular formula is C22H19N5O4. The lowest BCUT2D eigenvalue weighted by Crippen LogP contribution is -2.17. The van der Waals surface area contributed by atoms with Crippen molar-refractivity contribution < 1.29 is 19.1 Å². The van der Waals surface area contributed by atoms with Crippen LogP contribution in [0.4, 0.5) is 5.69 Å². The molecule has 2 aromatic carbocycles. The highest BCUT2D eigenvalue weighted by atomic mass is 16.5. The number of nitrogens with zero attached hydrogens (tertiary/aromatic N) is 3. The number of nitrogens with one attached hydrogen (secondary N) is 1. The fourth-order valence-electron chi connectivity index (χ4n) is 3.15. The topological polar surface area (TPSA) is 121 Å². The summed E-state index contributed by atoms with van der Waals surface area (Å²) >= 11 is 0. The molecule has 0 aliphatic carbocycles. The third kappa shape index (κ3) is 3.88. The number of nitrogens with two attached hydrogens (primary N) is 1. The summed E-state index contributed by atoms with van der Waals surface area (Å²) in [6.45, 7) is 0. The van der Waals surface area contributed by atoms with Crippen LogP contribution in [0.25, 0.3) is 16.9 Å². The molecule has 0 bridgehead atoms. The first-order valence-electron chi connectivity index (χ1n) is 9.28. The molecule has 9 heteroatoms. The van der Waals surface area contributed by atoms with Crippen molar-refractivity contribution in [2.75, 3.05) is 19.5 Å². The van der Waals surface area contributed by atoms with Crippen LogP contribution in [0.2, 0.25) is 0 Å². The number of benzene rings is 2. The second-order valence-electron chi connectivity index (χ2n) is 6.60. The molecule has 0 unspecified atom stereocenters. The van der Waals surface area contributed by atoms with E-state index < -0.39 is 11.8 Å². The number of hydrogen-bond donors (Lipinski definition) is 2. The lowest BCUT2D eigenvalue weighted by Gasteiger charge is -2.12. The van der Waals surface area contributed by atoms with Crippen LogP contribution in [0.5, 0.6) is 11.5 Å². The molecule has 0 fully saturated rings. The van der Waals surface area contributed by atoms with Crippen LogP contribution < -0.4 is 20.5 Å². The molecule has 2 aromatic heterocycles. The zero-order chi connectivity index (χ0) is 22.0. The average molecular weight is 417 g/mol. The lowest BCUT2D eigenvalue weighted by molar-refractivity contribution is 0.0993. The minimum absolute atomic E-state index is 0.0186. The number of carbonyl (C=O) groups is 2. The predicted octanol–water partition coefficient (Wildman–Crippen LogP) is 2.76. The van der Waals surface area contributed by atoms with Gasteiger partial charge in [0.15, 0.2) is 11.3 Å². The summed E-state index contributed by atoms with van der Waals surface area (Å²) < 4.78 is 11.9. The van der Waals surface area contributed by atoms with Gasteiger partial charge in [-0.1, -0.05) is 30.3 Å². The minimum Gasteiger partial charge on any atom is -0.497 e. The molecule has 2 amide bonds. The molecule has 0 aliphatic rings. The Morgan fingerprint density at radius 2 is 1.68 bits per heavy atom. The molecule has 0 aliphatic heterocycles. The number of carbonyl (C=O) groups excluding carboxylic acids is 2. The van der Waals surface area contributed by atoms with Crippen molar-refractivity contribution in [1.29, 1.82) is 0 Å². The Kier molecular flexibility index (Phi) is 5.23. The number of methoxy groups -OCH3 is 2. The van der Waals surface area contributed by atoms with Gasteiger partial charge in [0.2, 0.25) is 0 Å². The Hall–Kier alpha value is -4.40. The molecule has 3 N–H and O–H groups in total. The average Bonchev–Trinajstić information content (AvgIpc) is 3.23. The van der Waals surface area contributed by atoms with E-state index in [0.29, 0.717) is 22.9 Å². The number of primary amides is 1. The Bertz CT molecular complexity index is 1260. The van der Waals surface area contributed by atoms with Crippen LogP contribution in [0.3, 0.4) is 0 Å². The third-order valence-electron chi connectivity index (χ3n) is 4.65. The first kappa shape index (κ1) is 19.9. The molecule has 0 radical (unpaired) electrons. The van der Waals surface area contributed by atoms with Crippen molar-refractivity contribution >= 4 is 23.1 Å². The van der Waals surface area contributed by atoms with Gasteiger partial charge >= 0.3 is 0 Å². The highest BCUT2D eigenvalue weighted by molar-refractivity contribution is 6.05. The van der Waals surface area contributed by atoms with Gasteiger partial charge in [-0.05, 0) is 6.07 Å². The van der Waals surface area contributed by atoms with E-state index in [0.717, 1.165) is 5.56 Å². The van der Waals surface area contributed by atoms with Gasteiger partial charge in [0.05, 0.1) is 19.9 Å². The molecule has 0 spiro atoms. The lowest BCUT2D eigenvalue weighted by atomic mass is 10.1. The van der Waals surface area contributed by atoms with Crippen molar-refractivity contribution in [3.63, 3.8) is 0 Å². The van der Waals surface area contributed by atoms with Gasteiger partial charge in [-0.2, -0.15) is 0 Å². The standard InChI is InChI=1S/C22H19N5O4/c1-30-15-8-14(9-16(10-15)31-2)25-22(29)18-11-17(13-6-4-3-5-7-13)26-21-19(20(23)28)24-12-27(18)21/h3-12H,1-2H3,(H2,23,28)(H,25,29). The molecule has 156 valence electrons. The number of amides is 2. The molecule has 2 heterocycles. The van der Waals surface area contributed by atoms with Crippen LogP contribution in [0, 0.1) is 0 Å². The van der Waals surface area contributed by atoms with E-state index in [-0.39, 0.29) is 17.0 Å². The Morgan fingerprint density at radius 3 is 2.29 bits per heavy atom. The molecule has 0 saturated carbocycles. The van der Waals surface area contributed by atoms with E-state index >= 15 is 0 Å². The van der Waals surface area contributed by atoms with Gasteiger partial charge in [-0.25, -0.2) is 9.97 Å². The molecule has 0 saturated heterocycles. The van der Waals surface area contributed by atoms with Gasteiger partial charge in [0.25, 0.3) is 11.8 Å². The molecule has 0 atom stereocenters. The highest BCUT2D eigenvalue weighted by Gasteiger charge is 2.20. The van der Waals surface area contributed by atoms with E-state index in [1.165, 1.54) is 24.9 Å². The van der Waals surface area contributed by atoms with Gasteiger partial charge in [-0.15, -0.1) is 0 Å². The third-order valence-corrected chi connectivity index (χ3v) is 4.65. The molecule has 31 heavy (non-hydrogen) atoms. The normalized spacial score (nSPS) is 10.6. The van der Waals surface area contributed by atoms with Gasteiger partial charge < -0.3 is 20.5 Å². The number of ether oxygens (including phenoxy) is 2. The first-order chi connectivity index (χ1) is 15.0. The van der Waals surface area contributed by atoms with Crippen LogP contribution in [-0.2, 0) is 0 Å². The van der Waals surface area contributed by atoms with Crippen LogP contribution in [-0.4, -0.2) is 40.4 Å². The van der Waals surface area contributed by atoms with Crippen molar-refractivity contribution in [3.8, 4) is 22.8 Å². The van der Waals surface area contributed by atoms with E-state index in [1.807, 2.05) is 30.3 Å². The monoisotopic (exact) mass is 417 g/mol. The summed E-state index contributed by atoms with van der Waals surface area (Å²) in [5.41, 5.74) is 7.60. The zero-order valence-electron chi connectivity index (χ0n) is 16.8. The highest BCUT2D eigenvalue weighted by Crippen LogP contribution is 2.27. The summed E-state index contributed by atoms with van der Waals surface area (Å²) in [4.78, 5) is 33.6. The van der Waals surface area contributed by atoms with Gasteiger partial charge in [0.1, 0.15) is 23.5 Å². The molecule has 4 rings (SSSR count).